The van der Waals surface area contributed by atoms with Gasteiger partial charge in [-0.2, -0.15) is 4.31 Å². The van der Waals surface area contributed by atoms with Crippen LogP contribution < -0.4 is 5.32 Å². The van der Waals surface area contributed by atoms with E-state index in [1.54, 1.807) is 12.1 Å². The van der Waals surface area contributed by atoms with E-state index in [2.05, 4.69) is 24.4 Å². The van der Waals surface area contributed by atoms with Gasteiger partial charge in [0.15, 0.2) is 0 Å². The molecule has 0 unspecified atom stereocenters. The predicted molar refractivity (Wildman–Crippen MR) is 119 cm³/mol. The van der Waals surface area contributed by atoms with E-state index in [0.717, 1.165) is 22.7 Å². The second-order valence-corrected chi connectivity index (χ2v) is 10.6. The van der Waals surface area contributed by atoms with E-state index in [9.17, 15) is 8.42 Å². The molecule has 5 rings (SSSR count). The van der Waals surface area contributed by atoms with E-state index in [-0.39, 0.29) is 12.0 Å². The number of rotatable bonds is 3. The summed E-state index contributed by atoms with van der Waals surface area (Å²) in [5.41, 5.74) is 4.55. The third-order valence-corrected chi connectivity index (χ3v) is 8.76. The van der Waals surface area contributed by atoms with Crippen molar-refractivity contribution < 1.29 is 13.2 Å². The van der Waals surface area contributed by atoms with Gasteiger partial charge in [0.1, 0.15) is 0 Å². The molecule has 3 atom stereocenters. The molecule has 158 valence electrons. The first-order chi connectivity index (χ1) is 14.5. The molecule has 2 aliphatic heterocycles. The number of ether oxygens (including phenoxy) is 1. The van der Waals surface area contributed by atoms with Gasteiger partial charge in [-0.25, -0.2) is 8.42 Å². The lowest BCUT2D eigenvalue weighted by atomic mass is 9.76. The molecule has 1 N–H and O–H groups in total. The maximum atomic E-state index is 12.9. The van der Waals surface area contributed by atoms with Crippen LogP contribution in [0.1, 0.15) is 35.1 Å². The zero-order valence-electron chi connectivity index (χ0n) is 16.8. The van der Waals surface area contributed by atoms with E-state index in [1.807, 2.05) is 24.3 Å². The monoisotopic (exact) mass is 444 g/mol. The van der Waals surface area contributed by atoms with Crippen LogP contribution in [0, 0.1) is 12.8 Å². The van der Waals surface area contributed by atoms with Gasteiger partial charge in [-0.1, -0.05) is 42.0 Å². The molecule has 7 heteroatoms. The van der Waals surface area contributed by atoms with Crippen LogP contribution in [0.15, 0.2) is 53.4 Å². The fraction of sp³-hybridized carbons (Fsp3) is 0.391. The Bertz CT molecular complexity index is 1090. The number of allylic oxidation sites excluding steroid dienone is 2. The van der Waals surface area contributed by atoms with Crippen LogP contribution in [0.4, 0.5) is 5.69 Å². The molecule has 0 amide bonds. The summed E-state index contributed by atoms with van der Waals surface area (Å²) in [5.74, 6) is 0.633. The average Bonchev–Trinajstić information content (AvgIpc) is 3.26. The maximum absolute atomic E-state index is 12.9. The third-order valence-electron chi connectivity index (χ3n) is 6.52. The molecule has 5 nitrogen and oxygen atoms in total. The molecule has 1 aliphatic carbocycles. The number of benzene rings is 2. The van der Waals surface area contributed by atoms with Crippen LogP contribution in [0.3, 0.4) is 0 Å². The number of morpholine rings is 1. The molecule has 0 aromatic heterocycles. The molecule has 2 aromatic rings. The van der Waals surface area contributed by atoms with Gasteiger partial charge in [0.2, 0.25) is 10.0 Å². The van der Waals surface area contributed by atoms with Crippen LogP contribution in [-0.2, 0) is 14.8 Å². The maximum Gasteiger partial charge on any atom is 0.243 e. The normalized spacial score (nSPS) is 26.1. The van der Waals surface area contributed by atoms with E-state index in [1.165, 1.54) is 15.4 Å². The smallest absolute Gasteiger partial charge is 0.243 e. The molecule has 2 aromatic carbocycles. The number of nitrogens with zero attached hydrogens (tertiary/aromatic N) is 1. The number of hydrogen-bond acceptors (Lipinski definition) is 4. The van der Waals surface area contributed by atoms with E-state index in [0.29, 0.717) is 37.1 Å². The lowest BCUT2D eigenvalue weighted by Crippen LogP contribution is -2.40. The Kier molecular flexibility index (Phi) is 5.14. The fourth-order valence-electron chi connectivity index (χ4n) is 4.92. The number of aryl methyl sites for hydroxylation is 1. The minimum atomic E-state index is -3.48. The molecule has 0 radical (unpaired) electrons. The van der Waals surface area contributed by atoms with Crippen LogP contribution in [-0.4, -0.2) is 39.0 Å². The van der Waals surface area contributed by atoms with Crippen molar-refractivity contribution in [2.45, 2.75) is 30.2 Å². The minimum Gasteiger partial charge on any atom is -0.379 e. The second-order valence-electron chi connectivity index (χ2n) is 8.21. The summed E-state index contributed by atoms with van der Waals surface area (Å²) in [6.07, 6.45) is 5.47. The van der Waals surface area contributed by atoms with Crippen molar-refractivity contribution in [3.05, 3.63) is 70.3 Å². The van der Waals surface area contributed by atoms with Gasteiger partial charge >= 0.3 is 0 Å². The summed E-state index contributed by atoms with van der Waals surface area (Å²) < 4.78 is 32.7. The first-order valence-electron chi connectivity index (χ1n) is 10.4. The number of hydrogen-bond donors (Lipinski definition) is 1. The Labute approximate surface area is 182 Å². The van der Waals surface area contributed by atoms with Gasteiger partial charge in [0, 0.05) is 35.3 Å². The molecule has 2 heterocycles. The molecular weight excluding hydrogens is 420 g/mol. The first-order valence-corrected chi connectivity index (χ1v) is 12.2. The van der Waals surface area contributed by atoms with Crippen molar-refractivity contribution in [3.8, 4) is 0 Å². The van der Waals surface area contributed by atoms with E-state index in [4.69, 9.17) is 16.3 Å². The molecule has 3 aliphatic rings. The topological polar surface area (TPSA) is 58.6 Å². The van der Waals surface area contributed by atoms with Crippen LogP contribution in [0.2, 0.25) is 5.02 Å². The second kappa shape index (κ2) is 7.68. The van der Waals surface area contributed by atoms with Crippen molar-refractivity contribution in [1.29, 1.82) is 0 Å². The first kappa shape index (κ1) is 20.1. The summed E-state index contributed by atoms with van der Waals surface area (Å²) in [5, 5.41) is 4.52. The van der Waals surface area contributed by atoms with E-state index < -0.39 is 10.0 Å². The van der Waals surface area contributed by atoms with Crippen LogP contribution >= 0.6 is 11.6 Å². The molecule has 0 saturated carbocycles. The Morgan fingerprint density at radius 3 is 2.57 bits per heavy atom. The quantitative estimate of drug-likeness (QED) is 0.708. The van der Waals surface area contributed by atoms with Gasteiger partial charge in [-0.3, -0.25) is 0 Å². The number of fused-ring (bicyclic) bond motifs is 3. The summed E-state index contributed by atoms with van der Waals surface area (Å²) in [6.45, 7) is 3.79. The highest BCUT2D eigenvalue weighted by Gasteiger charge is 2.39. The van der Waals surface area contributed by atoms with Crippen LogP contribution in [0.5, 0.6) is 0 Å². The number of anilines is 1. The molecule has 1 fully saturated rings. The van der Waals surface area contributed by atoms with Gasteiger partial charge in [-0.05, 0) is 48.6 Å². The minimum absolute atomic E-state index is 0.106. The highest BCUT2D eigenvalue weighted by molar-refractivity contribution is 7.89. The highest BCUT2D eigenvalue weighted by atomic mass is 35.5. The fourth-order valence-corrected chi connectivity index (χ4v) is 6.61. The van der Waals surface area contributed by atoms with Crippen molar-refractivity contribution in [2.75, 3.05) is 31.6 Å². The molecule has 30 heavy (non-hydrogen) atoms. The number of nitrogens with one attached hydrogen (secondary N) is 1. The third kappa shape index (κ3) is 3.26. The molecular formula is C23H25ClN2O3S. The van der Waals surface area contributed by atoms with Gasteiger partial charge < -0.3 is 10.1 Å². The lowest BCUT2D eigenvalue weighted by Gasteiger charge is -2.39. The van der Waals surface area contributed by atoms with Gasteiger partial charge in [0.25, 0.3) is 0 Å². The summed E-state index contributed by atoms with van der Waals surface area (Å²) in [4.78, 5) is 0.338. The summed E-state index contributed by atoms with van der Waals surface area (Å²) >= 11 is 6.57. The van der Waals surface area contributed by atoms with Gasteiger partial charge in [-0.15, -0.1) is 0 Å². The molecule has 0 spiro atoms. The Morgan fingerprint density at radius 1 is 1.10 bits per heavy atom. The standard InChI is InChI=1S/C23H25ClN2O3S/c1-15-5-10-20(24)21-18-3-2-4-19(18)23(25-22(15)21)16-6-8-17(9-7-16)30(27,28)26-11-13-29-14-12-26/h2-3,5-10,18-19,23,25H,4,11-14H2,1H3/t18-,19-,23+/m0/s1. The zero-order valence-corrected chi connectivity index (χ0v) is 18.4. The Balaban J connectivity index is 1.47. The van der Waals surface area contributed by atoms with Crippen molar-refractivity contribution in [2.24, 2.45) is 5.92 Å². The average molecular weight is 445 g/mol. The summed E-state index contributed by atoms with van der Waals surface area (Å²) in [6, 6.07) is 11.5. The largest absolute Gasteiger partial charge is 0.379 e. The van der Waals surface area contributed by atoms with Crippen molar-refractivity contribution >= 4 is 27.3 Å². The lowest BCUT2D eigenvalue weighted by molar-refractivity contribution is 0.0730. The Hall–Kier alpha value is -1.86. The Morgan fingerprint density at radius 2 is 1.83 bits per heavy atom. The molecule has 1 saturated heterocycles. The zero-order chi connectivity index (χ0) is 20.9. The SMILES string of the molecule is Cc1ccc(Cl)c2c1N[C@H](c1ccc(S(=O)(=O)N3CCOCC3)cc1)[C@H]1CC=C[C@H]21. The number of sulfonamides is 1. The van der Waals surface area contributed by atoms with Crippen molar-refractivity contribution in [1.82, 2.24) is 4.31 Å². The van der Waals surface area contributed by atoms with Crippen LogP contribution in [0.25, 0.3) is 0 Å². The highest BCUT2D eigenvalue weighted by Crippen LogP contribution is 2.52. The van der Waals surface area contributed by atoms with Gasteiger partial charge in [0.05, 0.1) is 24.2 Å². The van der Waals surface area contributed by atoms with Crippen molar-refractivity contribution in [3.63, 3.8) is 0 Å². The van der Waals surface area contributed by atoms with E-state index >= 15 is 0 Å². The predicted octanol–water partition coefficient (Wildman–Crippen LogP) is 4.50. The number of halogens is 1. The molecule has 0 bridgehead atoms. The summed E-state index contributed by atoms with van der Waals surface area (Å²) in [7, 11) is -3.48.